The van der Waals surface area contributed by atoms with E-state index in [1.54, 1.807) is 4.90 Å². The number of rotatable bonds is 1. The van der Waals surface area contributed by atoms with Gasteiger partial charge in [0.25, 0.3) is 0 Å². The van der Waals surface area contributed by atoms with Crippen molar-refractivity contribution in [1.82, 2.24) is 4.90 Å². The van der Waals surface area contributed by atoms with Gasteiger partial charge in [-0.15, -0.1) is 0 Å². The molecule has 1 aliphatic rings. The van der Waals surface area contributed by atoms with Crippen LogP contribution in [-0.4, -0.2) is 36.0 Å². The third-order valence-corrected chi connectivity index (χ3v) is 2.50. The van der Waals surface area contributed by atoms with Gasteiger partial charge in [0.2, 0.25) is 0 Å². The highest BCUT2D eigenvalue weighted by Gasteiger charge is 2.34. The Labute approximate surface area is 90.6 Å². The van der Waals surface area contributed by atoms with Crippen LogP contribution in [0.3, 0.4) is 0 Å². The molecule has 0 spiro atoms. The zero-order valence-corrected chi connectivity index (χ0v) is 9.82. The maximum absolute atomic E-state index is 11.7. The summed E-state index contributed by atoms with van der Waals surface area (Å²) in [6.07, 6.45) is 0.605. The lowest BCUT2D eigenvalue weighted by Crippen LogP contribution is -2.35. The molecular weight excluding hydrogens is 194 g/mol. The van der Waals surface area contributed by atoms with E-state index in [4.69, 9.17) is 4.74 Å². The number of aldehydes is 1. The van der Waals surface area contributed by atoms with Crippen LogP contribution in [0.4, 0.5) is 4.79 Å². The van der Waals surface area contributed by atoms with E-state index in [1.807, 2.05) is 27.7 Å². The van der Waals surface area contributed by atoms with E-state index >= 15 is 0 Å². The van der Waals surface area contributed by atoms with Crippen molar-refractivity contribution in [3.05, 3.63) is 0 Å². The Hall–Kier alpha value is -1.06. The van der Waals surface area contributed by atoms with Gasteiger partial charge in [-0.25, -0.2) is 4.79 Å². The molecule has 0 aliphatic carbocycles. The minimum absolute atomic E-state index is 0.0440. The molecule has 1 aliphatic heterocycles. The van der Waals surface area contributed by atoms with E-state index in [1.165, 1.54) is 0 Å². The number of ether oxygens (including phenoxy) is 1. The Morgan fingerprint density at radius 3 is 2.40 bits per heavy atom. The third-order valence-electron chi connectivity index (χ3n) is 2.50. The van der Waals surface area contributed by atoms with E-state index in [-0.39, 0.29) is 17.9 Å². The number of likely N-dealkylation sites (tertiary alicyclic amines) is 1. The zero-order valence-electron chi connectivity index (χ0n) is 9.82. The molecule has 0 bridgehead atoms. The first-order valence-corrected chi connectivity index (χ1v) is 5.26. The van der Waals surface area contributed by atoms with Crippen LogP contribution in [0.25, 0.3) is 0 Å². The summed E-state index contributed by atoms with van der Waals surface area (Å²) in [5, 5.41) is 0. The molecule has 1 saturated heterocycles. The molecule has 4 heteroatoms. The number of carbonyl (C=O) groups excluding carboxylic acids is 2. The Morgan fingerprint density at radius 1 is 1.40 bits per heavy atom. The number of amides is 1. The lowest BCUT2D eigenvalue weighted by Gasteiger charge is -2.24. The van der Waals surface area contributed by atoms with Gasteiger partial charge in [-0.05, 0) is 26.7 Å². The Morgan fingerprint density at radius 2 is 2.00 bits per heavy atom. The summed E-state index contributed by atoms with van der Waals surface area (Å²) < 4.78 is 5.23. The second kappa shape index (κ2) is 4.21. The van der Waals surface area contributed by atoms with E-state index in [0.29, 0.717) is 13.1 Å². The van der Waals surface area contributed by atoms with Gasteiger partial charge in [-0.2, -0.15) is 0 Å². The van der Waals surface area contributed by atoms with Crippen molar-refractivity contribution in [2.45, 2.75) is 33.3 Å². The minimum Gasteiger partial charge on any atom is -0.444 e. The summed E-state index contributed by atoms with van der Waals surface area (Å²) in [6.45, 7) is 8.58. The van der Waals surface area contributed by atoms with Crippen molar-refractivity contribution in [3.8, 4) is 0 Å². The van der Waals surface area contributed by atoms with Crippen LogP contribution in [-0.2, 0) is 9.53 Å². The maximum Gasteiger partial charge on any atom is 0.410 e. The maximum atomic E-state index is 11.7. The van der Waals surface area contributed by atoms with Gasteiger partial charge in [0.05, 0.1) is 0 Å². The number of hydrogen-bond acceptors (Lipinski definition) is 3. The predicted octanol–water partition coefficient (Wildman–Crippen LogP) is 1.69. The fraction of sp³-hybridized carbons (Fsp3) is 0.818. The van der Waals surface area contributed by atoms with Gasteiger partial charge in [0.1, 0.15) is 11.9 Å². The molecule has 2 atom stereocenters. The first kappa shape index (κ1) is 12.0. The largest absolute Gasteiger partial charge is 0.444 e. The molecule has 0 aromatic rings. The van der Waals surface area contributed by atoms with Crippen molar-refractivity contribution >= 4 is 12.4 Å². The molecule has 0 radical (unpaired) electrons. The Kier molecular flexibility index (Phi) is 3.37. The number of nitrogens with zero attached hydrogens (tertiary/aromatic N) is 1. The second-order valence-electron chi connectivity index (χ2n) is 5.16. The molecule has 1 fully saturated rings. The average Bonchev–Trinajstić information content (AvgIpc) is 2.43. The number of carbonyl (C=O) groups is 2. The summed E-state index contributed by atoms with van der Waals surface area (Å²) in [5.41, 5.74) is -0.473. The molecule has 0 aromatic heterocycles. The molecular formula is C11H19NO3. The van der Waals surface area contributed by atoms with E-state index in [0.717, 1.165) is 6.29 Å². The quantitative estimate of drug-likeness (QED) is 0.623. The molecule has 0 saturated carbocycles. The van der Waals surface area contributed by atoms with E-state index in [2.05, 4.69) is 0 Å². The van der Waals surface area contributed by atoms with Gasteiger partial charge in [0.15, 0.2) is 0 Å². The van der Waals surface area contributed by atoms with Crippen molar-refractivity contribution in [2.24, 2.45) is 11.8 Å². The first-order valence-electron chi connectivity index (χ1n) is 5.26. The Bertz CT molecular complexity index is 257. The van der Waals surface area contributed by atoms with Gasteiger partial charge in [0, 0.05) is 19.0 Å². The van der Waals surface area contributed by atoms with Crippen molar-refractivity contribution in [1.29, 1.82) is 0 Å². The van der Waals surface area contributed by atoms with Crippen LogP contribution in [0.2, 0.25) is 0 Å². The predicted molar refractivity (Wildman–Crippen MR) is 56.5 cm³/mol. The molecule has 86 valence electrons. The van der Waals surface area contributed by atoms with Crippen LogP contribution >= 0.6 is 0 Å². The van der Waals surface area contributed by atoms with Crippen LogP contribution in [0.5, 0.6) is 0 Å². The highest BCUT2D eigenvalue weighted by Crippen LogP contribution is 2.22. The summed E-state index contributed by atoms with van der Waals surface area (Å²) >= 11 is 0. The molecule has 1 amide bonds. The minimum atomic E-state index is -0.473. The topological polar surface area (TPSA) is 46.6 Å². The van der Waals surface area contributed by atoms with Gasteiger partial charge in [-0.1, -0.05) is 6.92 Å². The van der Waals surface area contributed by atoms with Crippen molar-refractivity contribution < 1.29 is 14.3 Å². The van der Waals surface area contributed by atoms with Crippen molar-refractivity contribution in [3.63, 3.8) is 0 Å². The average molecular weight is 213 g/mol. The van der Waals surface area contributed by atoms with E-state index in [9.17, 15) is 9.59 Å². The molecule has 1 heterocycles. The summed E-state index contributed by atoms with van der Waals surface area (Å²) in [4.78, 5) is 24.0. The van der Waals surface area contributed by atoms with Crippen LogP contribution in [0.1, 0.15) is 27.7 Å². The molecule has 0 unspecified atom stereocenters. The summed E-state index contributed by atoms with van der Waals surface area (Å²) in [5.74, 6) is 0.188. The smallest absolute Gasteiger partial charge is 0.410 e. The highest BCUT2D eigenvalue weighted by molar-refractivity contribution is 5.70. The van der Waals surface area contributed by atoms with Gasteiger partial charge in [-0.3, -0.25) is 0 Å². The first-order chi connectivity index (χ1) is 6.83. The van der Waals surface area contributed by atoms with E-state index < -0.39 is 5.60 Å². The highest BCUT2D eigenvalue weighted by atomic mass is 16.6. The third kappa shape index (κ3) is 3.22. The second-order valence-corrected chi connectivity index (χ2v) is 5.16. The Balaban J connectivity index is 2.53. The van der Waals surface area contributed by atoms with Gasteiger partial charge >= 0.3 is 6.09 Å². The summed E-state index contributed by atoms with van der Waals surface area (Å²) in [7, 11) is 0. The fourth-order valence-electron chi connectivity index (χ4n) is 1.64. The molecule has 0 aromatic carbocycles. The molecule has 1 rings (SSSR count). The number of hydrogen-bond donors (Lipinski definition) is 0. The lowest BCUT2D eigenvalue weighted by atomic mass is 10.0. The fourth-order valence-corrected chi connectivity index (χ4v) is 1.64. The molecule has 0 N–H and O–H groups in total. The summed E-state index contributed by atoms with van der Waals surface area (Å²) in [6, 6.07) is 0. The monoisotopic (exact) mass is 213 g/mol. The molecule has 4 nitrogen and oxygen atoms in total. The zero-order chi connectivity index (χ0) is 11.6. The van der Waals surface area contributed by atoms with Crippen molar-refractivity contribution in [2.75, 3.05) is 13.1 Å². The lowest BCUT2D eigenvalue weighted by molar-refractivity contribution is -0.111. The van der Waals surface area contributed by atoms with Gasteiger partial charge < -0.3 is 14.4 Å². The van der Waals surface area contributed by atoms with Crippen LogP contribution in [0.15, 0.2) is 0 Å². The SMILES string of the molecule is C[C@H]1CN(C(=O)OC(C)(C)C)C[C@@H]1C=O. The normalized spacial score (nSPS) is 26.5. The standard InChI is InChI=1S/C11H19NO3/c1-8-5-12(6-9(8)7-13)10(14)15-11(2,3)4/h7-9H,5-6H2,1-4H3/t8-,9+/m0/s1. The van der Waals surface area contributed by atoms with Crippen LogP contribution < -0.4 is 0 Å². The van der Waals surface area contributed by atoms with Crippen LogP contribution in [0, 0.1) is 11.8 Å². The molecule has 15 heavy (non-hydrogen) atoms.